The zero-order chi connectivity index (χ0) is 15.5. The molecule has 0 saturated heterocycles. The van der Waals surface area contributed by atoms with Crippen LogP contribution in [-0.4, -0.2) is 19.1 Å². The Kier molecular flexibility index (Phi) is 8.51. The lowest BCUT2D eigenvalue weighted by Gasteiger charge is -2.09. The number of carbonyl (C=O) groups is 1. The number of anilines is 2. The van der Waals surface area contributed by atoms with E-state index in [1.165, 1.54) is 32.1 Å². The number of nitrogen functional groups attached to an aromatic ring is 1. The summed E-state index contributed by atoms with van der Waals surface area (Å²) in [5.74, 6) is -0.117. The van der Waals surface area contributed by atoms with Crippen LogP contribution in [0.15, 0.2) is 18.2 Å². The van der Waals surface area contributed by atoms with Crippen molar-refractivity contribution in [1.82, 2.24) is 0 Å². The summed E-state index contributed by atoms with van der Waals surface area (Å²) in [7, 11) is 0. The maximum atomic E-state index is 11.8. The van der Waals surface area contributed by atoms with E-state index in [0.717, 1.165) is 17.7 Å². The molecule has 0 spiro atoms. The third-order valence-electron chi connectivity index (χ3n) is 3.40. The number of ether oxygens (including phenoxy) is 1. The largest absolute Gasteiger partial charge is 0.399 e. The molecule has 0 aliphatic carbocycles. The molecular weight excluding hydrogens is 264 g/mol. The number of aryl methyl sites for hydroxylation is 1. The molecular formula is C17H28N2O2. The topological polar surface area (TPSA) is 64.3 Å². The van der Waals surface area contributed by atoms with Gasteiger partial charge in [-0.05, 0) is 37.1 Å². The molecule has 3 N–H and O–H groups in total. The van der Waals surface area contributed by atoms with E-state index in [0.29, 0.717) is 12.3 Å². The number of rotatable bonds is 10. The Balaban J connectivity index is 2.11. The minimum Gasteiger partial charge on any atom is -0.399 e. The Morgan fingerprint density at radius 2 is 1.90 bits per heavy atom. The first-order valence-corrected chi connectivity index (χ1v) is 7.87. The van der Waals surface area contributed by atoms with E-state index < -0.39 is 0 Å². The van der Waals surface area contributed by atoms with Gasteiger partial charge in [0.15, 0.2) is 0 Å². The molecule has 0 atom stereocenters. The molecule has 0 fully saturated rings. The van der Waals surface area contributed by atoms with E-state index in [9.17, 15) is 4.79 Å². The Morgan fingerprint density at radius 3 is 2.62 bits per heavy atom. The summed E-state index contributed by atoms with van der Waals surface area (Å²) in [4.78, 5) is 11.8. The van der Waals surface area contributed by atoms with Crippen molar-refractivity contribution in [2.45, 2.75) is 52.4 Å². The van der Waals surface area contributed by atoms with Gasteiger partial charge in [-0.15, -0.1) is 0 Å². The molecule has 0 aromatic heterocycles. The van der Waals surface area contributed by atoms with Crippen LogP contribution in [0.5, 0.6) is 0 Å². The van der Waals surface area contributed by atoms with Crippen molar-refractivity contribution in [3.63, 3.8) is 0 Å². The van der Waals surface area contributed by atoms with Crippen molar-refractivity contribution in [2.24, 2.45) is 0 Å². The molecule has 118 valence electrons. The van der Waals surface area contributed by atoms with E-state index in [1.807, 2.05) is 19.1 Å². The number of benzene rings is 1. The quantitative estimate of drug-likeness (QED) is 0.508. The molecule has 1 aromatic rings. The molecule has 0 bridgehead atoms. The molecule has 1 rings (SSSR count). The maximum Gasteiger partial charge on any atom is 0.250 e. The Morgan fingerprint density at radius 1 is 1.19 bits per heavy atom. The SMILES string of the molecule is CCCCCCCCOCC(=O)Nc1ccc(N)cc1C. The second kappa shape index (κ2) is 10.2. The second-order valence-corrected chi connectivity index (χ2v) is 5.44. The lowest BCUT2D eigenvalue weighted by molar-refractivity contribution is -0.120. The van der Waals surface area contributed by atoms with E-state index in [2.05, 4.69) is 12.2 Å². The lowest BCUT2D eigenvalue weighted by atomic mass is 10.1. The normalized spacial score (nSPS) is 10.6. The molecule has 0 radical (unpaired) electrons. The van der Waals surface area contributed by atoms with Crippen molar-refractivity contribution in [2.75, 3.05) is 24.3 Å². The molecule has 21 heavy (non-hydrogen) atoms. The summed E-state index contributed by atoms with van der Waals surface area (Å²) in [5.41, 5.74) is 8.12. The van der Waals surface area contributed by atoms with Crippen molar-refractivity contribution >= 4 is 17.3 Å². The monoisotopic (exact) mass is 292 g/mol. The summed E-state index contributed by atoms with van der Waals surface area (Å²) < 4.78 is 5.40. The van der Waals surface area contributed by atoms with Crippen LogP contribution in [0.1, 0.15) is 51.0 Å². The van der Waals surface area contributed by atoms with Gasteiger partial charge in [-0.3, -0.25) is 4.79 Å². The van der Waals surface area contributed by atoms with E-state index in [-0.39, 0.29) is 12.5 Å². The Hall–Kier alpha value is -1.55. The van der Waals surface area contributed by atoms with Gasteiger partial charge in [-0.2, -0.15) is 0 Å². The van der Waals surface area contributed by atoms with E-state index in [1.54, 1.807) is 6.07 Å². The first kappa shape index (κ1) is 17.5. The van der Waals surface area contributed by atoms with Gasteiger partial charge in [0, 0.05) is 18.0 Å². The number of amides is 1. The molecule has 0 heterocycles. The average molecular weight is 292 g/mol. The van der Waals surface area contributed by atoms with Gasteiger partial charge in [-0.25, -0.2) is 0 Å². The molecule has 1 aromatic carbocycles. The van der Waals surface area contributed by atoms with Crippen LogP contribution in [-0.2, 0) is 9.53 Å². The van der Waals surface area contributed by atoms with Gasteiger partial charge in [0.25, 0.3) is 0 Å². The van der Waals surface area contributed by atoms with Crippen LogP contribution in [0.2, 0.25) is 0 Å². The molecule has 4 heteroatoms. The third-order valence-corrected chi connectivity index (χ3v) is 3.40. The number of unbranched alkanes of at least 4 members (excludes halogenated alkanes) is 5. The average Bonchev–Trinajstić information content (AvgIpc) is 2.45. The van der Waals surface area contributed by atoms with Gasteiger partial charge < -0.3 is 15.8 Å². The molecule has 0 saturated carbocycles. The summed E-state index contributed by atoms with van der Waals surface area (Å²) >= 11 is 0. The van der Waals surface area contributed by atoms with E-state index >= 15 is 0 Å². The summed E-state index contributed by atoms with van der Waals surface area (Å²) in [6.07, 6.45) is 7.34. The lowest BCUT2D eigenvalue weighted by Crippen LogP contribution is -2.19. The van der Waals surface area contributed by atoms with Crippen molar-refractivity contribution in [3.8, 4) is 0 Å². The fourth-order valence-electron chi connectivity index (χ4n) is 2.16. The Bertz CT molecular complexity index is 433. The van der Waals surface area contributed by atoms with Gasteiger partial charge in [-0.1, -0.05) is 39.0 Å². The summed E-state index contributed by atoms with van der Waals surface area (Å²) in [6.45, 7) is 4.90. The number of nitrogens with one attached hydrogen (secondary N) is 1. The fourth-order valence-corrected chi connectivity index (χ4v) is 2.16. The molecule has 0 unspecified atom stereocenters. The van der Waals surface area contributed by atoms with Crippen LogP contribution in [0.25, 0.3) is 0 Å². The number of nitrogens with two attached hydrogens (primary N) is 1. The number of hydrogen-bond donors (Lipinski definition) is 2. The maximum absolute atomic E-state index is 11.8. The number of hydrogen-bond acceptors (Lipinski definition) is 3. The van der Waals surface area contributed by atoms with Gasteiger partial charge in [0.05, 0.1) is 0 Å². The molecule has 0 aliphatic heterocycles. The van der Waals surface area contributed by atoms with Crippen molar-refractivity contribution in [1.29, 1.82) is 0 Å². The highest BCUT2D eigenvalue weighted by Gasteiger charge is 2.05. The Labute approximate surface area is 128 Å². The fraction of sp³-hybridized carbons (Fsp3) is 0.588. The van der Waals surface area contributed by atoms with Crippen LogP contribution >= 0.6 is 0 Å². The zero-order valence-electron chi connectivity index (χ0n) is 13.3. The van der Waals surface area contributed by atoms with Crippen molar-refractivity contribution < 1.29 is 9.53 Å². The summed E-state index contributed by atoms with van der Waals surface area (Å²) in [5, 5.41) is 2.84. The second-order valence-electron chi connectivity index (χ2n) is 5.44. The smallest absolute Gasteiger partial charge is 0.250 e. The highest BCUT2D eigenvalue weighted by Crippen LogP contribution is 2.17. The summed E-state index contributed by atoms with van der Waals surface area (Å²) in [6, 6.07) is 5.43. The predicted octanol–water partition coefficient (Wildman–Crippen LogP) is 3.89. The highest BCUT2D eigenvalue weighted by atomic mass is 16.5. The van der Waals surface area contributed by atoms with Gasteiger partial charge >= 0.3 is 0 Å². The van der Waals surface area contributed by atoms with Crippen LogP contribution in [0, 0.1) is 6.92 Å². The molecule has 4 nitrogen and oxygen atoms in total. The van der Waals surface area contributed by atoms with E-state index in [4.69, 9.17) is 10.5 Å². The van der Waals surface area contributed by atoms with Crippen LogP contribution in [0.3, 0.4) is 0 Å². The van der Waals surface area contributed by atoms with Gasteiger partial charge in [0.2, 0.25) is 5.91 Å². The number of carbonyl (C=O) groups excluding carboxylic acids is 1. The zero-order valence-corrected chi connectivity index (χ0v) is 13.3. The molecule has 0 aliphatic rings. The predicted molar refractivity (Wildman–Crippen MR) is 88.4 cm³/mol. The van der Waals surface area contributed by atoms with Crippen molar-refractivity contribution in [3.05, 3.63) is 23.8 Å². The third kappa shape index (κ3) is 7.71. The first-order chi connectivity index (χ1) is 10.1. The first-order valence-electron chi connectivity index (χ1n) is 7.87. The minimum atomic E-state index is -0.117. The van der Waals surface area contributed by atoms with Crippen LogP contribution in [0.4, 0.5) is 11.4 Å². The van der Waals surface area contributed by atoms with Gasteiger partial charge in [0.1, 0.15) is 6.61 Å². The highest BCUT2D eigenvalue weighted by molar-refractivity contribution is 5.92. The standard InChI is InChI=1S/C17H28N2O2/c1-3-4-5-6-7-8-11-21-13-17(20)19-16-10-9-15(18)12-14(16)2/h9-10,12H,3-8,11,13,18H2,1-2H3,(H,19,20). The van der Waals surface area contributed by atoms with Crippen LogP contribution < -0.4 is 11.1 Å². The minimum absolute atomic E-state index is 0.110. The molecule has 1 amide bonds.